The summed E-state index contributed by atoms with van der Waals surface area (Å²) in [4.78, 5) is 27.2. The number of carbonyl (C=O) groups excluding carboxylic acids is 2. The Kier molecular flexibility index (Phi) is 6.95. The Labute approximate surface area is 127 Å². The summed E-state index contributed by atoms with van der Waals surface area (Å²) in [5.74, 6) is 0.229. The SMILES string of the molecule is COC(=O)C(CC(C)C)NC1CCN(C(=O)N(C)C)CC1. The predicted octanol–water partition coefficient (Wildman–Crippen LogP) is 1.31. The van der Waals surface area contributed by atoms with Crippen molar-refractivity contribution in [1.82, 2.24) is 15.1 Å². The van der Waals surface area contributed by atoms with Gasteiger partial charge in [0.05, 0.1) is 7.11 Å². The number of carbonyl (C=O) groups is 2. The fourth-order valence-corrected chi connectivity index (χ4v) is 2.65. The molecule has 0 radical (unpaired) electrons. The summed E-state index contributed by atoms with van der Waals surface area (Å²) in [5.41, 5.74) is 0. The van der Waals surface area contributed by atoms with Gasteiger partial charge in [-0.3, -0.25) is 4.79 Å². The van der Waals surface area contributed by atoms with E-state index in [0.29, 0.717) is 5.92 Å². The number of amides is 2. The zero-order chi connectivity index (χ0) is 16.0. The fraction of sp³-hybridized carbons (Fsp3) is 0.867. The Bertz CT molecular complexity index is 350. The summed E-state index contributed by atoms with van der Waals surface area (Å²) >= 11 is 0. The van der Waals surface area contributed by atoms with E-state index in [4.69, 9.17) is 4.74 Å². The van der Waals surface area contributed by atoms with Crippen LogP contribution in [0.4, 0.5) is 4.79 Å². The smallest absolute Gasteiger partial charge is 0.322 e. The van der Waals surface area contributed by atoms with Crippen LogP contribution < -0.4 is 5.32 Å². The van der Waals surface area contributed by atoms with Gasteiger partial charge < -0.3 is 19.9 Å². The number of ether oxygens (including phenoxy) is 1. The van der Waals surface area contributed by atoms with E-state index in [1.165, 1.54) is 7.11 Å². The van der Waals surface area contributed by atoms with Gasteiger partial charge in [0.25, 0.3) is 0 Å². The van der Waals surface area contributed by atoms with Crippen LogP contribution in [0.15, 0.2) is 0 Å². The number of rotatable bonds is 5. The summed E-state index contributed by atoms with van der Waals surface area (Å²) < 4.78 is 4.87. The molecular weight excluding hydrogens is 270 g/mol. The topological polar surface area (TPSA) is 61.9 Å². The standard InChI is InChI=1S/C15H29N3O3/c1-11(2)10-13(14(19)21-5)16-12-6-8-18(9-7-12)15(20)17(3)4/h11-13,16H,6-10H2,1-5H3. The summed E-state index contributed by atoms with van der Waals surface area (Å²) in [6.45, 7) is 5.64. The lowest BCUT2D eigenvalue weighted by molar-refractivity contribution is -0.143. The van der Waals surface area contributed by atoms with Crippen molar-refractivity contribution in [2.45, 2.75) is 45.2 Å². The van der Waals surface area contributed by atoms with Gasteiger partial charge in [-0.15, -0.1) is 0 Å². The molecule has 0 spiro atoms. The van der Waals surface area contributed by atoms with Crippen LogP contribution in [0.2, 0.25) is 0 Å². The van der Waals surface area contributed by atoms with Crippen molar-refractivity contribution in [2.75, 3.05) is 34.3 Å². The first-order valence-electron chi connectivity index (χ1n) is 7.65. The zero-order valence-corrected chi connectivity index (χ0v) is 13.9. The third kappa shape index (κ3) is 5.53. The number of esters is 1. The number of nitrogens with zero attached hydrogens (tertiary/aromatic N) is 2. The van der Waals surface area contributed by atoms with Crippen molar-refractivity contribution in [1.29, 1.82) is 0 Å². The molecule has 0 saturated carbocycles. The molecule has 1 N–H and O–H groups in total. The lowest BCUT2D eigenvalue weighted by atomic mass is 9.99. The van der Waals surface area contributed by atoms with E-state index >= 15 is 0 Å². The van der Waals surface area contributed by atoms with Crippen LogP contribution in [0.3, 0.4) is 0 Å². The summed E-state index contributed by atoms with van der Waals surface area (Å²) in [7, 11) is 4.96. The third-order valence-electron chi connectivity index (χ3n) is 3.78. The van der Waals surface area contributed by atoms with Crippen molar-refractivity contribution >= 4 is 12.0 Å². The molecule has 6 heteroatoms. The highest BCUT2D eigenvalue weighted by atomic mass is 16.5. The van der Waals surface area contributed by atoms with Crippen LogP contribution in [0.25, 0.3) is 0 Å². The van der Waals surface area contributed by atoms with Crippen molar-refractivity contribution in [2.24, 2.45) is 5.92 Å². The Morgan fingerprint density at radius 2 is 1.86 bits per heavy atom. The molecule has 1 saturated heterocycles. The minimum Gasteiger partial charge on any atom is -0.468 e. The number of nitrogens with one attached hydrogen (secondary N) is 1. The molecule has 0 bridgehead atoms. The molecule has 1 fully saturated rings. The number of methoxy groups -OCH3 is 1. The molecule has 1 unspecified atom stereocenters. The Morgan fingerprint density at radius 3 is 2.29 bits per heavy atom. The van der Waals surface area contributed by atoms with E-state index in [9.17, 15) is 9.59 Å². The highest BCUT2D eigenvalue weighted by Crippen LogP contribution is 2.15. The molecule has 1 atom stereocenters. The van der Waals surface area contributed by atoms with Gasteiger partial charge in [-0.25, -0.2) is 4.79 Å². The Hall–Kier alpha value is -1.30. The van der Waals surface area contributed by atoms with Crippen molar-refractivity contribution < 1.29 is 14.3 Å². The van der Waals surface area contributed by atoms with Crippen LogP contribution in [-0.4, -0.2) is 68.2 Å². The van der Waals surface area contributed by atoms with Crippen LogP contribution in [0, 0.1) is 5.92 Å². The normalized spacial score (nSPS) is 17.7. The monoisotopic (exact) mass is 299 g/mol. The molecule has 2 amide bonds. The molecule has 122 valence electrons. The molecule has 6 nitrogen and oxygen atoms in total. The van der Waals surface area contributed by atoms with Gasteiger partial charge in [-0.05, 0) is 25.2 Å². The molecule has 1 aliphatic heterocycles. The highest BCUT2D eigenvalue weighted by molar-refractivity contribution is 5.75. The summed E-state index contributed by atoms with van der Waals surface area (Å²) in [6, 6.07) is 0.0651. The zero-order valence-electron chi connectivity index (χ0n) is 13.9. The lowest BCUT2D eigenvalue weighted by Crippen LogP contribution is -2.51. The van der Waals surface area contributed by atoms with Crippen molar-refractivity contribution in [3.63, 3.8) is 0 Å². The molecule has 1 heterocycles. The molecular formula is C15H29N3O3. The molecule has 1 rings (SSSR count). The summed E-state index contributed by atoms with van der Waals surface area (Å²) in [5, 5.41) is 3.40. The minimum absolute atomic E-state index is 0.0557. The maximum atomic E-state index is 11.9. The first-order chi connectivity index (χ1) is 9.85. The van der Waals surface area contributed by atoms with Gasteiger partial charge in [0.2, 0.25) is 0 Å². The minimum atomic E-state index is -0.254. The number of urea groups is 1. The van der Waals surface area contributed by atoms with Crippen molar-refractivity contribution in [3.8, 4) is 0 Å². The van der Waals surface area contributed by atoms with Crippen LogP contribution in [0.1, 0.15) is 33.1 Å². The van der Waals surface area contributed by atoms with E-state index in [0.717, 1.165) is 32.4 Å². The second kappa shape index (κ2) is 8.22. The number of likely N-dealkylation sites (tertiary alicyclic amines) is 1. The second-order valence-corrected chi connectivity index (χ2v) is 6.31. The number of hydrogen-bond acceptors (Lipinski definition) is 4. The van der Waals surface area contributed by atoms with Gasteiger partial charge in [-0.1, -0.05) is 13.8 Å². The number of hydrogen-bond donors (Lipinski definition) is 1. The molecule has 0 aromatic carbocycles. The molecule has 0 aliphatic carbocycles. The van der Waals surface area contributed by atoms with Gasteiger partial charge in [-0.2, -0.15) is 0 Å². The Balaban J connectivity index is 2.49. The maximum absolute atomic E-state index is 11.9. The fourth-order valence-electron chi connectivity index (χ4n) is 2.65. The maximum Gasteiger partial charge on any atom is 0.322 e. The third-order valence-corrected chi connectivity index (χ3v) is 3.78. The average molecular weight is 299 g/mol. The van der Waals surface area contributed by atoms with E-state index in [-0.39, 0.29) is 24.1 Å². The van der Waals surface area contributed by atoms with Crippen LogP contribution in [0.5, 0.6) is 0 Å². The lowest BCUT2D eigenvalue weighted by Gasteiger charge is -2.35. The van der Waals surface area contributed by atoms with Gasteiger partial charge >= 0.3 is 12.0 Å². The first-order valence-corrected chi connectivity index (χ1v) is 7.65. The summed E-state index contributed by atoms with van der Waals surface area (Å²) in [6.07, 6.45) is 2.50. The first kappa shape index (κ1) is 17.8. The molecule has 1 aliphatic rings. The van der Waals surface area contributed by atoms with Crippen LogP contribution in [-0.2, 0) is 9.53 Å². The van der Waals surface area contributed by atoms with Crippen molar-refractivity contribution in [3.05, 3.63) is 0 Å². The van der Waals surface area contributed by atoms with E-state index in [2.05, 4.69) is 19.2 Å². The highest BCUT2D eigenvalue weighted by Gasteiger charge is 2.28. The predicted molar refractivity (Wildman–Crippen MR) is 82.1 cm³/mol. The Morgan fingerprint density at radius 1 is 1.29 bits per heavy atom. The average Bonchev–Trinajstić information content (AvgIpc) is 2.45. The molecule has 0 aromatic rings. The van der Waals surface area contributed by atoms with E-state index < -0.39 is 0 Å². The molecule has 21 heavy (non-hydrogen) atoms. The van der Waals surface area contributed by atoms with Gasteiger partial charge in [0.1, 0.15) is 6.04 Å². The quantitative estimate of drug-likeness (QED) is 0.778. The van der Waals surface area contributed by atoms with E-state index in [1.807, 2.05) is 4.90 Å². The van der Waals surface area contributed by atoms with E-state index in [1.54, 1.807) is 19.0 Å². The van der Waals surface area contributed by atoms with Gasteiger partial charge in [0, 0.05) is 33.2 Å². The van der Waals surface area contributed by atoms with Crippen LogP contribution >= 0.6 is 0 Å². The van der Waals surface area contributed by atoms with Gasteiger partial charge in [0.15, 0.2) is 0 Å². The number of piperidine rings is 1. The largest absolute Gasteiger partial charge is 0.468 e. The molecule has 0 aromatic heterocycles. The second-order valence-electron chi connectivity index (χ2n) is 6.31.